The van der Waals surface area contributed by atoms with Crippen LogP contribution in [0.3, 0.4) is 0 Å². The van der Waals surface area contributed by atoms with Gasteiger partial charge in [-0.2, -0.15) is 0 Å². The Hall–Kier alpha value is -1.96. The number of hydrogen-bond donors (Lipinski definition) is 1. The Morgan fingerprint density at radius 3 is 2.14 bits per heavy atom. The molecule has 2 atom stereocenters. The molecule has 1 N–H and O–H groups in total. The fourth-order valence-corrected chi connectivity index (χ4v) is 5.72. The standard InChI is InChI=1S/C22H28N2O3S2/c1-16(2)21(23-28(25)22(3,4)5)20-15-17-11-9-10-14-19(17)24(20)29(26,27)18-12-7-6-8-13-18/h6-16,21,23H,1-5H3/t21-,28?/m0/s1. The number of benzene rings is 2. The average molecular weight is 433 g/mol. The van der Waals surface area contributed by atoms with Gasteiger partial charge in [-0.15, -0.1) is 0 Å². The van der Waals surface area contributed by atoms with E-state index in [1.807, 2.05) is 58.9 Å². The fraction of sp³-hybridized carbons (Fsp3) is 0.364. The van der Waals surface area contributed by atoms with Crippen molar-refractivity contribution in [2.75, 3.05) is 0 Å². The molecule has 0 aliphatic rings. The molecule has 0 spiro atoms. The molecule has 3 aromatic rings. The molecule has 0 radical (unpaired) electrons. The lowest BCUT2D eigenvalue weighted by Crippen LogP contribution is -2.38. The second-order valence-electron chi connectivity index (χ2n) is 8.43. The summed E-state index contributed by atoms with van der Waals surface area (Å²) in [5, 5.41) is 0.830. The van der Waals surface area contributed by atoms with Crippen LogP contribution < -0.4 is 4.72 Å². The zero-order valence-corrected chi connectivity index (χ0v) is 19.0. The van der Waals surface area contributed by atoms with Crippen LogP contribution in [-0.4, -0.2) is 21.3 Å². The van der Waals surface area contributed by atoms with E-state index in [1.165, 1.54) is 3.97 Å². The van der Waals surface area contributed by atoms with Crippen molar-refractivity contribution in [1.82, 2.24) is 8.69 Å². The Bertz CT molecular complexity index is 1130. The van der Waals surface area contributed by atoms with Crippen LogP contribution in [-0.2, 0) is 21.0 Å². The number of aromatic nitrogens is 1. The first kappa shape index (κ1) is 21.7. The largest absolute Gasteiger partial charge is 0.268 e. The number of nitrogens with one attached hydrogen (secondary N) is 1. The minimum Gasteiger partial charge on any atom is -0.242 e. The Morgan fingerprint density at radius 1 is 0.966 bits per heavy atom. The Labute approximate surface area is 175 Å². The molecule has 1 unspecified atom stereocenters. The molecule has 5 nitrogen and oxygen atoms in total. The maximum atomic E-state index is 13.6. The van der Waals surface area contributed by atoms with Gasteiger partial charge in [0, 0.05) is 5.39 Å². The van der Waals surface area contributed by atoms with Crippen molar-refractivity contribution in [1.29, 1.82) is 0 Å². The van der Waals surface area contributed by atoms with Crippen molar-refractivity contribution in [3.63, 3.8) is 0 Å². The first-order chi connectivity index (χ1) is 13.5. The van der Waals surface area contributed by atoms with E-state index in [4.69, 9.17) is 0 Å². The van der Waals surface area contributed by atoms with Crippen LogP contribution in [0.2, 0.25) is 0 Å². The quantitative estimate of drug-likeness (QED) is 0.618. The number of hydrogen-bond acceptors (Lipinski definition) is 3. The molecule has 0 saturated heterocycles. The highest BCUT2D eigenvalue weighted by Crippen LogP contribution is 2.33. The lowest BCUT2D eigenvalue weighted by atomic mass is 10.0. The summed E-state index contributed by atoms with van der Waals surface area (Å²) in [6, 6.07) is 17.3. The lowest BCUT2D eigenvalue weighted by molar-refractivity contribution is 0.460. The molecule has 29 heavy (non-hydrogen) atoms. The van der Waals surface area contributed by atoms with E-state index in [-0.39, 0.29) is 10.8 Å². The second kappa shape index (κ2) is 8.05. The Kier molecular flexibility index (Phi) is 6.03. The second-order valence-corrected chi connectivity index (χ2v) is 12.2. The normalized spacial score (nSPS) is 15.0. The van der Waals surface area contributed by atoms with Gasteiger partial charge in [0.2, 0.25) is 0 Å². The van der Waals surface area contributed by atoms with Crippen molar-refractivity contribution in [2.24, 2.45) is 5.92 Å². The predicted molar refractivity (Wildman–Crippen MR) is 120 cm³/mol. The van der Waals surface area contributed by atoms with E-state index in [1.54, 1.807) is 36.4 Å². The van der Waals surface area contributed by atoms with Crippen LogP contribution >= 0.6 is 0 Å². The molecule has 3 rings (SSSR count). The van der Waals surface area contributed by atoms with Crippen molar-refractivity contribution in [2.45, 2.75) is 50.3 Å². The summed E-state index contributed by atoms with van der Waals surface area (Å²) in [6.07, 6.45) is 0. The molecule has 0 fully saturated rings. The summed E-state index contributed by atoms with van der Waals surface area (Å²) in [6.45, 7) is 9.67. The van der Waals surface area contributed by atoms with Gasteiger partial charge in [-0.25, -0.2) is 21.3 Å². The summed E-state index contributed by atoms with van der Waals surface area (Å²) in [4.78, 5) is 0.224. The van der Waals surface area contributed by atoms with E-state index >= 15 is 0 Å². The van der Waals surface area contributed by atoms with E-state index in [0.29, 0.717) is 11.2 Å². The molecular weight excluding hydrogens is 404 g/mol. The fourth-order valence-electron chi connectivity index (χ4n) is 3.16. The molecule has 156 valence electrons. The summed E-state index contributed by atoms with van der Waals surface area (Å²) >= 11 is 0. The van der Waals surface area contributed by atoms with Crippen LogP contribution in [0.1, 0.15) is 46.4 Å². The first-order valence-corrected chi connectivity index (χ1v) is 12.2. The van der Waals surface area contributed by atoms with Gasteiger partial charge < -0.3 is 0 Å². The topological polar surface area (TPSA) is 68.2 Å². The van der Waals surface area contributed by atoms with Crippen LogP contribution in [0.5, 0.6) is 0 Å². The maximum Gasteiger partial charge on any atom is 0.268 e. The molecule has 2 aromatic carbocycles. The zero-order valence-electron chi connectivity index (χ0n) is 17.4. The number of para-hydroxylation sites is 1. The third-order valence-electron chi connectivity index (χ3n) is 4.75. The van der Waals surface area contributed by atoms with Crippen molar-refractivity contribution in [3.8, 4) is 0 Å². The average Bonchev–Trinajstić information content (AvgIpc) is 3.05. The minimum absolute atomic E-state index is 0.0235. The van der Waals surface area contributed by atoms with E-state index < -0.39 is 31.8 Å². The third-order valence-corrected chi connectivity index (χ3v) is 8.09. The third kappa shape index (κ3) is 4.32. The van der Waals surface area contributed by atoms with Crippen LogP contribution in [0.15, 0.2) is 65.6 Å². The van der Waals surface area contributed by atoms with Gasteiger partial charge in [0.05, 0.1) is 37.9 Å². The van der Waals surface area contributed by atoms with Crippen molar-refractivity contribution in [3.05, 3.63) is 66.4 Å². The predicted octanol–water partition coefficient (Wildman–Crippen LogP) is 4.63. The summed E-state index contributed by atoms with van der Waals surface area (Å²) in [7, 11) is -5.17. The highest BCUT2D eigenvalue weighted by Gasteiger charge is 2.31. The van der Waals surface area contributed by atoms with E-state index in [9.17, 15) is 12.6 Å². The molecular formula is C22H28N2O3S2. The maximum absolute atomic E-state index is 13.6. The molecule has 0 aliphatic heterocycles. The first-order valence-electron chi connectivity index (χ1n) is 9.62. The number of rotatable bonds is 6. The van der Waals surface area contributed by atoms with Gasteiger partial charge in [-0.1, -0.05) is 50.2 Å². The highest BCUT2D eigenvalue weighted by molar-refractivity contribution is 7.90. The Morgan fingerprint density at radius 2 is 1.55 bits per heavy atom. The summed E-state index contributed by atoms with van der Waals surface area (Å²) in [5.41, 5.74) is 1.20. The van der Waals surface area contributed by atoms with Crippen LogP contribution in [0.4, 0.5) is 0 Å². The van der Waals surface area contributed by atoms with E-state index in [0.717, 1.165) is 5.39 Å². The molecule has 7 heteroatoms. The van der Waals surface area contributed by atoms with Crippen LogP contribution in [0, 0.1) is 5.92 Å². The van der Waals surface area contributed by atoms with Gasteiger partial charge in [-0.3, -0.25) is 0 Å². The molecule has 0 bridgehead atoms. The zero-order chi connectivity index (χ0) is 21.4. The van der Waals surface area contributed by atoms with Gasteiger partial charge >= 0.3 is 0 Å². The highest BCUT2D eigenvalue weighted by atomic mass is 32.2. The minimum atomic E-state index is -3.82. The number of fused-ring (bicyclic) bond motifs is 1. The molecule has 0 aliphatic carbocycles. The lowest BCUT2D eigenvalue weighted by Gasteiger charge is -2.27. The van der Waals surface area contributed by atoms with Gasteiger partial charge in [-0.05, 0) is 51.0 Å². The molecule has 0 amide bonds. The summed E-state index contributed by atoms with van der Waals surface area (Å²) in [5.74, 6) is 0.0235. The van der Waals surface area contributed by atoms with Crippen molar-refractivity contribution >= 4 is 31.9 Å². The monoisotopic (exact) mass is 432 g/mol. The molecule has 1 aromatic heterocycles. The summed E-state index contributed by atoms with van der Waals surface area (Å²) < 4.78 is 44.2. The smallest absolute Gasteiger partial charge is 0.242 e. The van der Waals surface area contributed by atoms with Crippen molar-refractivity contribution < 1.29 is 12.6 Å². The van der Waals surface area contributed by atoms with Crippen LogP contribution in [0.25, 0.3) is 10.9 Å². The van der Waals surface area contributed by atoms with Gasteiger partial charge in [0.1, 0.15) is 0 Å². The molecule has 1 heterocycles. The SMILES string of the molecule is CC(C)[C@H](NS(=O)C(C)(C)C)c1cc2ccccc2n1S(=O)(=O)c1ccccc1. The van der Waals surface area contributed by atoms with Gasteiger partial charge in [0.25, 0.3) is 10.0 Å². The molecule has 0 saturated carbocycles. The Balaban J connectivity index is 2.25. The van der Waals surface area contributed by atoms with Gasteiger partial charge in [0.15, 0.2) is 0 Å². The van der Waals surface area contributed by atoms with E-state index in [2.05, 4.69) is 4.72 Å². The number of nitrogens with zero attached hydrogens (tertiary/aromatic N) is 1.